The number of hydrogen-bond donors (Lipinski definition) is 1. The van der Waals surface area contributed by atoms with Crippen LogP contribution in [-0.2, 0) is 6.42 Å². The van der Waals surface area contributed by atoms with Gasteiger partial charge >= 0.3 is 0 Å². The first-order valence-corrected chi connectivity index (χ1v) is 5.60. The molecule has 1 aliphatic rings. The largest absolute Gasteiger partial charge is 0.493 e. The van der Waals surface area contributed by atoms with Gasteiger partial charge in [-0.2, -0.15) is 0 Å². The van der Waals surface area contributed by atoms with Crippen LogP contribution < -0.4 is 4.74 Å². The number of ether oxygens (including phenoxy) is 1. The predicted molar refractivity (Wildman–Crippen MR) is 62.6 cm³/mol. The number of nitrogens with one attached hydrogen (secondary N) is 1. The molecule has 1 N–H and O–H groups in total. The van der Waals surface area contributed by atoms with E-state index < -0.39 is 0 Å². The van der Waals surface area contributed by atoms with Gasteiger partial charge < -0.3 is 9.72 Å². The molecule has 0 bridgehead atoms. The molecule has 0 unspecified atom stereocenters. The third-order valence-corrected chi connectivity index (χ3v) is 2.92. The number of rotatable bonds is 1. The highest BCUT2D eigenvalue weighted by Gasteiger charge is 2.11. The molecule has 0 fully saturated rings. The molecule has 0 spiro atoms. The SMILES string of the molecule is Cc1ncc(-c2ccc3c(c2)CCCO3)[nH]1. The van der Waals surface area contributed by atoms with Crippen LogP contribution >= 0.6 is 0 Å². The van der Waals surface area contributed by atoms with Gasteiger partial charge in [-0.05, 0) is 43.5 Å². The number of H-pyrrole nitrogens is 1. The minimum Gasteiger partial charge on any atom is -0.493 e. The van der Waals surface area contributed by atoms with Gasteiger partial charge in [-0.3, -0.25) is 0 Å². The second-order valence-corrected chi connectivity index (χ2v) is 4.16. The van der Waals surface area contributed by atoms with Crippen molar-refractivity contribution in [3.63, 3.8) is 0 Å². The van der Waals surface area contributed by atoms with Crippen LogP contribution in [0.2, 0.25) is 0 Å². The third-order valence-electron chi connectivity index (χ3n) is 2.92. The minimum atomic E-state index is 0.843. The number of nitrogens with zero attached hydrogens (tertiary/aromatic N) is 1. The molecule has 0 saturated carbocycles. The van der Waals surface area contributed by atoms with Gasteiger partial charge in [-0.1, -0.05) is 0 Å². The van der Waals surface area contributed by atoms with Gasteiger partial charge in [0.05, 0.1) is 18.5 Å². The molecule has 3 rings (SSSR count). The van der Waals surface area contributed by atoms with Gasteiger partial charge in [-0.25, -0.2) is 4.98 Å². The van der Waals surface area contributed by atoms with Crippen LogP contribution in [0.25, 0.3) is 11.3 Å². The summed E-state index contributed by atoms with van der Waals surface area (Å²) in [6, 6.07) is 6.33. The maximum atomic E-state index is 5.59. The summed E-state index contributed by atoms with van der Waals surface area (Å²) in [5.41, 5.74) is 3.56. The molecule has 3 heteroatoms. The Morgan fingerprint density at radius 1 is 1.38 bits per heavy atom. The topological polar surface area (TPSA) is 37.9 Å². The number of imidazole rings is 1. The minimum absolute atomic E-state index is 0.843. The summed E-state index contributed by atoms with van der Waals surface area (Å²) in [7, 11) is 0. The lowest BCUT2D eigenvalue weighted by molar-refractivity contribution is 0.288. The van der Waals surface area contributed by atoms with E-state index >= 15 is 0 Å². The van der Waals surface area contributed by atoms with Crippen LogP contribution in [0.15, 0.2) is 24.4 Å². The molecule has 1 aromatic heterocycles. The van der Waals surface area contributed by atoms with Crippen molar-refractivity contribution in [2.75, 3.05) is 6.61 Å². The van der Waals surface area contributed by atoms with Crippen molar-refractivity contribution in [3.8, 4) is 17.0 Å². The molecule has 0 aliphatic carbocycles. The van der Waals surface area contributed by atoms with E-state index in [1.54, 1.807) is 0 Å². The molecule has 0 atom stereocenters. The predicted octanol–water partition coefficient (Wildman–Crippen LogP) is 2.71. The molecule has 3 nitrogen and oxygen atoms in total. The Bertz CT molecular complexity index is 516. The van der Waals surface area contributed by atoms with Crippen LogP contribution in [0, 0.1) is 6.92 Å². The van der Waals surface area contributed by atoms with Crippen LogP contribution in [0.4, 0.5) is 0 Å². The van der Waals surface area contributed by atoms with Gasteiger partial charge in [0.1, 0.15) is 11.6 Å². The van der Waals surface area contributed by atoms with E-state index in [4.69, 9.17) is 4.74 Å². The highest BCUT2D eigenvalue weighted by atomic mass is 16.5. The molecule has 2 heterocycles. The van der Waals surface area contributed by atoms with E-state index in [-0.39, 0.29) is 0 Å². The number of benzene rings is 1. The van der Waals surface area contributed by atoms with E-state index in [0.29, 0.717) is 0 Å². The van der Waals surface area contributed by atoms with E-state index in [9.17, 15) is 0 Å². The summed E-state index contributed by atoms with van der Waals surface area (Å²) < 4.78 is 5.59. The summed E-state index contributed by atoms with van der Waals surface area (Å²) in [5, 5.41) is 0. The molecule has 1 aromatic carbocycles. The van der Waals surface area contributed by atoms with Crippen molar-refractivity contribution < 1.29 is 4.74 Å². The Balaban J connectivity index is 2.02. The van der Waals surface area contributed by atoms with Gasteiger partial charge in [0.15, 0.2) is 0 Å². The van der Waals surface area contributed by atoms with E-state index in [0.717, 1.165) is 36.7 Å². The molecule has 0 radical (unpaired) electrons. The number of aromatic nitrogens is 2. The van der Waals surface area contributed by atoms with Crippen molar-refractivity contribution in [1.82, 2.24) is 9.97 Å². The third kappa shape index (κ3) is 1.58. The molecule has 0 saturated heterocycles. The summed E-state index contributed by atoms with van der Waals surface area (Å²) in [6.07, 6.45) is 4.09. The monoisotopic (exact) mass is 214 g/mol. The second kappa shape index (κ2) is 3.67. The Labute approximate surface area is 94.5 Å². The quantitative estimate of drug-likeness (QED) is 0.792. The van der Waals surface area contributed by atoms with E-state index in [1.807, 2.05) is 13.1 Å². The zero-order valence-corrected chi connectivity index (χ0v) is 9.29. The Hall–Kier alpha value is -1.77. The van der Waals surface area contributed by atoms with Gasteiger partial charge in [0.2, 0.25) is 0 Å². The first kappa shape index (κ1) is 9.46. The fourth-order valence-electron chi connectivity index (χ4n) is 2.10. The first-order valence-electron chi connectivity index (χ1n) is 5.60. The molecular formula is C13H14N2O. The Morgan fingerprint density at radius 3 is 3.12 bits per heavy atom. The average molecular weight is 214 g/mol. The summed E-state index contributed by atoms with van der Waals surface area (Å²) in [6.45, 7) is 2.81. The molecule has 2 aromatic rings. The Morgan fingerprint density at radius 2 is 2.31 bits per heavy atom. The van der Waals surface area contributed by atoms with Gasteiger partial charge in [-0.15, -0.1) is 0 Å². The molecular weight excluding hydrogens is 200 g/mol. The van der Waals surface area contributed by atoms with Crippen LogP contribution in [0.1, 0.15) is 17.8 Å². The Kier molecular flexibility index (Phi) is 2.17. The average Bonchev–Trinajstić information content (AvgIpc) is 2.75. The zero-order chi connectivity index (χ0) is 11.0. The summed E-state index contributed by atoms with van der Waals surface area (Å²) in [5.74, 6) is 1.98. The van der Waals surface area contributed by atoms with Crippen molar-refractivity contribution in [1.29, 1.82) is 0 Å². The molecule has 1 aliphatic heterocycles. The lowest BCUT2D eigenvalue weighted by Crippen LogP contribution is -2.08. The fraction of sp³-hybridized carbons (Fsp3) is 0.308. The standard InChI is InChI=1S/C13H14N2O/c1-9-14-8-12(15-9)10-4-5-13-11(7-10)3-2-6-16-13/h4-5,7-8H,2-3,6H2,1H3,(H,14,15). The van der Waals surface area contributed by atoms with Crippen LogP contribution in [-0.4, -0.2) is 16.6 Å². The summed E-state index contributed by atoms with van der Waals surface area (Å²) in [4.78, 5) is 7.47. The highest BCUT2D eigenvalue weighted by molar-refractivity contribution is 5.61. The number of aromatic amines is 1. The number of aryl methyl sites for hydroxylation is 2. The molecule has 82 valence electrons. The van der Waals surface area contributed by atoms with Crippen molar-refractivity contribution in [3.05, 3.63) is 35.8 Å². The lowest BCUT2D eigenvalue weighted by atomic mass is 10.0. The zero-order valence-electron chi connectivity index (χ0n) is 9.29. The lowest BCUT2D eigenvalue weighted by Gasteiger charge is -2.17. The summed E-state index contributed by atoms with van der Waals surface area (Å²) >= 11 is 0. The van der Waals surface area contributed by atoms with Crippen molar-refractivity contribution in [2.45, 2.75) is 19.8 Å². The van der Waals surface area contributed by atoms with E-state index in [1.165, 1.54) is 11.1 Å². The maximum Gasteiger partial charge on any atom is 0.122 e. The molecule has 0 amide bonds. The van der Waals surface area contributed by atoms with Crippen LogP contribution in [0.3, 0.4) is 0 Å². The maximum absolute atomic E-state index is 5.59. The van der Waals surface area contributed by atoms with Crippen molar-refractivity contribution in [2.24, 2.45) is 0 Å². The smallest absolute Gasteiger partial charge is 0.122 e. The molecule has 16 heavy (non-hydrogen) atoms. The second-order valence-electron chi connectivity index (χ2n) is 4.16. The normalized spacial score (nSPS) is 14.3. The van der Waals surface area contributed by atoms with E-state index in [2.05, 4.69) is 28.2 Å². The first-order chi connectivity index (χ1) is 7.83. The fourth-order valence-corrected chi connectivity index (χ4v) is 2.10. The van der Waals surface area contributed by atoms with Crippen molar-refractivity contribution >= 4 is 0 Å². The number of fused-ring (bicyclic) bond motifs is 1. The highest BCUT2D eigenvalue weighted by Crippen LogP contribution is 2.29. The van der Waals surface area contributed by atoms with Gasteiger partial charge in [0, 0.05) is 5.56 Å². The van der Waals surface area contributed by atoms with Gasteiger partial charge in [0.25, 0.3) is 0 Å². The number of hydrogen-bond acceptors (Lipinski definition) is 2. The van der Waals surface area contributed by atoms with Crippen LogP contribution in [0.5, 0.6) is 5.75 Å².